The highest BCUT2D eigenvalue weighted by atomic mass is 16.3. The third kappa shape index (κ3) is 4.05. The monoisotopic (exact) mass is 271 g/mol. The largest absolute Gasteiger partial charge is 0.399 e. The topological polar surface area (TPSA) is 62.4 Å². The molecule has 2 aromatic rings. The number of nitrogens with zero attached hydrogens (tertiary/aromatic N) is 2. The average molecular weight is 271 g/mol. The van der Waals surface area contributed by atoms with Crippen molar-refractivity contribution in [1.29, 1.82) is 0 Å². The molecule has 0 saturated carbocycles. The van der Waals surface area contributed by atoms with Crippen LogP contribution in [0.25, 0.3) is 0 Å². The maximum Gasteiger partial charge on any atom is 0.0916 e. The fraction of sp³-hybridized carbons (Fsp3) is 0.312. The number of likely N-dealkylation sites (N-methyl/N-ethyl adjacent to an activating group) is 1. The third-order valence-corrected chi connectivity index (χ3v) is 3.18. The summed E-state index contributed by atoms with van der Waals surface area (Å²) in [4.78, 5) is 6.52. The van der Waals surface area contributed by atoms with Crippen molar-refractivity contribution in [3.05, 3.63) is 59.4 Å². The first-order chi connectivity index (χ1) is 9.54. The average Bonchev–Trinajstić information content (AvgIpc) is 2.39. The van der Waals surface area contributed by atoms with Gasteiger partial charge in [0.25, 0.3) is 0 Å². The molecule has 0 spiro atoms. The van der Waals surface area contributed by atoms with E-state index in [0.29, 0.717) is 18.8 Å². The lowest BCUT2D eigenvalue weighted by atomic mass is 10.1. The van der Waals surface area contributed by atoms with Gasteiger partial charge in [0, 0.05) is 24.5 Å². The molecule has 4 heteroatoms. The highest BCUT2D eigenvalue weighted by molar-refractivity contribution is 5.39. The molecule has 20 heavy (non-hydrogen) atoms. The number of aliphatic hydroxyl groups is 1. The number of benzene rings is 1. The van der Waals surface area contributed by atoms with E-state index in [1.165, 1.54) is 0 Å². The van der Waals surface area contributed by atoms with Crippen LogP contribution in [-0.2, 0) is 6.54 Å². The van der Waals surface area contributed by atoms with E-state index in [0.717, 1.165) is 17.0 Å². The number of nitrogen functional groups attached to an aromatic ring is 1. The SMILES string of the molecule is Cc1cccc(CN(C)CC(O)c2ccc(N)cc2)n1. The van der Waals surface area contributed by atoms with Crippen LogP contribution in [0.5, 0.6) is 0 Å². The maximum absolute atomic E-state index is 10.2. The second kappa shape index (κ2) is 6.50. The Hall–Kier alpha value is -1.91. The molecule has 3 N–H and O–H groups in total. The molecule has 1 aromatic heterocycles. The van der Waals surface area contributed by atoms with Crippen LogP contribution in [-0.4, -0.2) is 28.6 Å². The Morgan fingerprint density at radius 1 is 1.20 bits per heavy atom. The predicted molar refractivity (Wildman–Crippen MR) is 81.1 cm³/mol. The summed E-state index contributed by atoms with van der Waals surface area (Å²) in [6.45, 7) is 3.25. The van der Waals surface area contributed by atoms with Crippen molar-refractivity contribution in [2.75, 3.05) is 19.3 Å². The molecule has 1 aromatic carbocycles. The minimum absolute atomic E-state index is 0.523. The summed E-state index contributed by atoms with van der Waals surface area (Å²) in [6, 6.07) is 13.3. The molecule has 0 bridgehead atoms. The summed E-state index contributed by atoms with van der Waals surface area (Å²) in [7, 11) is 1.98. The van der Waals surface area contributed by atoms with Crippen LogP contribution in [0.1, 0.15) is 23.1 Å². The highest BCUT2D eigenvalue weighted by Gasteiger charge is 2.11. The van der Waals surface area contributed by atoms with Gasteiger partial charge in [-0.3, -0.25) is 9.88 Å². The zero-order chi connectivity index (χ0) is 14.5. The second-order valence-electron chi connectivity index (χ2n) is 5.15. The molecule has 0 aliphatic carbocycles. The number of pyridine rings is 1. The molecule has 2 rings (SSSR count). The van der Waals surface area contributed by atoms with Gasteiger partial charge in [-0.25, -0.2) is 0 Å². The van der Waals surface area contributed by atoms with E-state index >= 15 is 0 Å². The third-order valence-electron chi connectivity index (χ3n) is 3.18. The van der Waals surface area contributed by atoms with Crippen LogP contribution in [0.4, 0.5) is 5.69 Å². The minimum atomic E-state index is -0.523. The van der Waals surface area contributed by atoms with Crippen molar-refractivity contribution in [2.24, 2.45) is 0 Å². The number of aliphatic hydroxyl groups excluding tert-OH is 1. The lowest BCUT2D eigenvalue weighted by Gasteiger charge is -2.20. The summed E-state index contributed by atoms with van der Waals surface area (Å²) in [5.74, 6) is 0. The molecule has 0 aliphatic heterocycles. The van der Waals surface area contributed by atoms with Gasteiger partial charge in [-0.05, 0) is 43.8 Å². The van der Waals surface area contributed by atoms with E-state index in [-0.39, 0.29) is 0 Å². The van der Waals surface area contributed by atoms with Gasteiger partial charge in [-0.15, -0.1) is 0 Å². The van der Waals surface area contributed by atoms with Gasteiger partial charge >= 0.3 is 0 Å². The van der Waals surface area contributed by atoms with Crippen molar-refractivity contribution in [1.82, 2.24) is 9.88 Å². The number of aromatic nitrogens is 1. The van der Waals surface area contributed by atoms with E-state index in [1.807, 2.05) is 44.3 Å². The Morgan fingerprint density at radius 2 is 1.90 bits per heavy atom. The molecule has 1 atom stereocenters. The number of hydrogen-bond acceptors (Lipinski definition) is 4. The number of rotatable bonds is 5. The first-order valence-corrected chi connectivity index (χ1v) is 6.69. The summed E-state index contributed by atoms with van der Waals surface area (Å²) in [5.41, 5.74) is 9.25. The van der Waals surface area contributed by atoms with Gasteiger partial charge in [0.2, 0.25) is 0 Å². The van der Waals surface area contributed by atoms with Crippen LogP contribution in [0.2, 0.25) is 0 Å². The minimum Gasteiger partial charge on any atom is -0.399 e. The quantitative estimate of drug-likeness (QED) is 0.818. The summed E-state index contributed by atoms with van der Waals surface area (Å²) < 4.78 is 0. The van der Waals surface area contributed by atoms with Gasteiger partial charge < -0.3 is 10.8 Å². The molecule has 0 amide bonds. The standard InChI is InChI=1S/C16H21N3O/c1-12-4-3-5-15(18-12)10-19(2)11-16(20)13-6-8-14(17)9-7-13/h3-9,16,20H,10-11,17H2,1-2H3. The first-order valence-electron chi connectivity index (χ1n) is 6.69. The predicted octanol–water partition coefficient (Wildman–Crippen LogP) is 2.14. The molecule has 106 valence electrons. The van der Waals surface area contributed by atoms with Crippen LogP contribution in [0, 0.1) is 6.92 Å². The van der Waals surface area contributed by atoms with Gasteiger partial charge in [-0.2, -0.15) is 0 Å². The first kappa shape index (κ1) is 14.5. The summed E-state index contributed by atoms with van der Waals surface area (Å²) in [6.07, 6.45) is -0.523. The molecule has 0 radical (unpaired) electrons. The van der Waals surface area contributed by atoms with Crippen molar-refractivity contribution >= 4 is 5.69 Å². The van der Waals surface area contributed by atoms with Crippen molar-refractivity contribution in [2.45, 2.75) is 19.6 Å². The van der Waals surface area contributed by atoms with E-state index in [1.54, 1.807) is 12.1 Å². The Bertz CT molecular complexity index is 554. The lowest BCUT2D eigenvalue weighted by Crippen LogP contribution is -2.24. The molecule has 1 heterocycles. The maximum atomic E-state index is 10.2. The summed E-state index contributed by atoms with van der Waals surface area (Å²) >= 11 is 0. The lowest BCUT2D eigenvalue weighted by molar-refractivity contribution is 0.123. The van der Waals surface area contributed by atoms with Crippen molar-refractivity contribution < 1.29 is 5.11 Å². The van der Waals surface area contributed by atoms with Gasteiger partial charge in [0.05, 0.1) is 11.8 Å². The van der Waals surface area contributed by atoms with Gasteiger partial charge in [0.1, 0.15) is 0 Å². The molecular formula is C16H21N3O. The molecule has 0 aliphatic rings. The Labute approximate surface area is 119 Å². The molecule has 0 saturated heterocycles. The van der Waals surface area contributed by atoms with Crippen molar-refractivity contribution in [3.63, 3.8) is 0 Å². The van der Waals surface area contributed by atoms with Crippen molar-refractivity contribution in [3.8, 4) is 0 Å². The van der Waals surface area contributed by atoms with Crippen LogP contribution in [0.3, 0.4) is 0 Å². The highest BCUT2D eigenvalue weighted by Crippen LogP contribution is 2.16. The Morgan fingerprint density at radius 3 is 2.55 bits per heavy atom. The molecular weight excluding hydrogens is 250 g/mol. The summed E-state index contributed by atoms with van der Waals surface area (Å²) in [5, 5.41) is 10.2. The molecule has 1 unspecified atom stereocenters. The Balaban J connectivity index is 1.93. The van der Waals surface area contributed by atoms with Crippen LogP contribution < -0.4 is 5.73 Å². The number of aryl methyl sites for hydroxylation is 1. The van der Waals surface area contributed by atoms with Crippen LogP contribution in [0.15, 0.2) is 42.5 Å². The van der Waals surface area contributed by atoms with Gasteiger partial charge in [-0.1, -0.05) is 18.2 Å². The fourth-order valence-electron chi connectivity index (χ4n) is 2.15. The number of nitrogens with two attached hydrogens (primary N) is 1. The van der Waals surface area contributed by atoms with E-state index < -0.39 is 6.10 Å². The van der Waals surface area contributed by atoms with E-state index in [4.69, 9.17) is 5.73 Å². The van der Waals surface area contributed by atoms with E-state index in [9.17, 15) is 5.11 Å². The Kier molecular flexibility index (Phi) is 4.71. The zero-order valence-corrected chi connectivity index (χ0v) is 12.0. The zero-order valence-electron chi connectivity index (χ0n) is 12.0. The normalized spacial score (nSPS) is 12.6. The smallest absolute Gasteiger partial charge is 0.0916 e. The molecule has 0 fully saturated rings. The molecule has 4 nitrogen and oxygen atoms in total. The number of anilines is 1. The van der Waals surface area contributed by atoms with Gasteiger partial charge in [0.15, 0.2) is 0 Å². The number of hydrogen-bond donors (Lipinski definition) is 2. The fourth-order valence-corrected chi connectivity index (χ4v) is 2.15. The van der Waals surface area contributed by atoms with Crippen LogP contribution >= 0.6 is 0 Å². The van der Waals surface area contributed by atoms with E-state index in [2.05, 4.69) is 9.88 Å². The second-order valence-corrected chi connectivity index (χ2v) is 5.15.